The van der Waals surface area contributed by atoms with Gasteiger partial charge in [-0.05, 0) is 38.1 Å². The molecule has 0 bridgehead atoms. The van der Waals surface area contributed by atoms with Crippen LogP contribution in [0.15, 0.2) is 66.4 Å². The summed E-state index contributed by atoms with van der Waals surface area (Å²) in [7, 11) is 0. The summed E-state index contributed by atoms with van der Waals surface area (Å²) in [5, 5.41) is 6.34. The quantitative estimate of drug-likeness (QED) is 0.360. The molecule has 0 atom stereocenters. The fourth-order valence-electron chi connectivity index (χ4n) is 2.02. The van der Waals surface area contributed by atoms with Gasteiger partial charge in [0.25, 0.3) is 5.91 Å². The predicted molar refractivity (Wildman–Crippen MR) is 97.2 cm³/mol. The molecule has 24 heavy (non-hydrogen) atoms. The number of benzene rings is 2. The monoisotopic (exact) mass is 342 g/mol. The molecule has 0 saturated carbocycles. The van der Waals surface area contributed by atoms with Crippen molar-refractivity contribution in [3.8, 4) is 0 Å². The van der Waals surface area contributed by atoms with Gasteiger partial charge in [0.2, 0.25) is 0 Å². The Bertz CT molecular complexity index is 738. The Morgan fingerprint density at radius 1 is 1.00 bits per heavy atom. The van der Waals surface area contributed by atoms with E-state index >= 15 is 0 Å². The lowest BCUT2D eigenvalue weighted by Crippen LogP contribution is -2.34. The highest BCUT2D eigenvalue weighted by Crippen LogP contribution is 2.15. The summed E-state index contributed by atoms with van der Waals surface area (Å²) in [5.74, 6) is -0.754. The average Bonchev–Trinajstić information content (AvgIpc) is 2.56. The second kappa shape index (κ2) is 8.31. The Morgan fingerprint density at radius 3 is 2.21 bits per heavy atom. The number of rotatable bonds is 6. The van der Waals surface area contributed by atoms with Crippen LogP contribution in [0.1, 0.15) is 24.2 Å². The van der Waals surface area contributed by atoms with Crippen molar-refractivity contribution in [3.63, 3.8) is 0 Å². The second-order valence-corrected chi connectivity index (χ2v) is 5.97. The van der Waals surface area contributed by atoms with Gasteiger partial charge < -0.3 is 10.6 Å². The average molecular weight is 343 g/mol. The van der Waals surface area contributed by atoms with E-state index in [-0.39, 0.29) is 17.4 Å². The lowest BCUT2D eigenvalue weighted by Gasteiger charge is -2.12. The maximum atomic E-state index is 12.7. The molecule has 124 valence electrons. The van der Waals surface area contributed by atoms with Gasteiger partial charge in [-0.3, -0.25) is 9.59 Å². The van der Waals surface area contributed by atoms with Gasteiger partial charge in [-0.2, -0.15) is 0 Å². The molecule has 4 nitrogen and oxygen atoms in total. The van der Waals surface area contributed by atoms with Crippen LogP contribution in [-0.4, -0.2) is 17.7 Å². The van der Waals surface area contributed by atoms with E-state index in [0.717, 1.165) is 5.69 Å². The number of hydrogen-bond donors (Lipinski definition) is 2. The molecule has 2 rings (SSSR count). The van der Waals surface area contributed by atoms with Crippen molar-refractivity contribution in [1.82, 2.24) is 5.32 Å². The third-order valence-electron chi connectivity index (χ3n) is 3.17. The molecule has 0 aliphatic heterocycles. The number of hydrogen-bond acceptors (Lipinski definition) is 3. The van der Waals surface area contributed by atoms with Crippen LogP contribution in [0.25, 0.3) is 0 Å². The lowest BCUT2D eigenvalue weighted by molar-refractivity contribution is -0.117. The van der Waals surface area contributed by atoms with Gasteiger partial charge in [-0.15, -0.1) is 0 Å². The smallest absolute Gasteiger partial charge is 0.256 e. The standard InChI is InChI=1S/C19H19ClN2O2/c1-13(2)22-19(24)17(18(23)14-6-4-3-5-7-14)12-21-16-10-8-15(20)9-11-16/h3-13,21H,1-2H3,(H,22,24). The maximum Gasteiger partial charge on any atom is 0.256 e. The number of anilines is 1. The molecule has 0 spiro atoms. The first kappa shape index (κ1) is 17.8. The zero-order valence-electron chi connectivity index (χ0n) is 13.5. The van der Waals surface area contributed by atoms with Crippen LogP contribution in [0.2, 0.25) is 5.02 Å². The van der Waals surface area contributed by atoms with Gasteiger partial charge in [0.05, 0.1) is 0 Å². The number of ketones is 1. The Balaban J connectivity index is 2.28. The summed E-state index contributed by atoms with van der Waals surface area (Å²) in [6.45, 7) is 3.68. The van der Waals surface area contributed by atoms with Crippen LogP contribution < -0.4 is 10.6 Å². The van der Waals surface area contributed by atoms with Gasteiger partial charge in [0.1, 0.15) is 5.57 Å². The Hall–Kier alpha value is -2.59. The predicted octanol–water partition coefficient (Wildman–Crippen LogP) is 4.04. The SMILES string of the molecule is CC(C)NC(=O)C(=CNc1ccc(Cl)cc1)C(=O)c1ccccc1. The Kier molecular flexibility index (Phi) is 6.15. The third-order valence-corrected chi connectivity index (χ3v) is 3.42. The van der Waals surface area contributed by atoms with Crippen LogP contribution in [0.5, 0.6) is 0 Å². The molecule has 0 aliphatic rings. The fraction of sp³-hybridized carbons (Fsp3) is 0.158. The number of halogens is 1. The molecule has 0 heterocycles. The number of amides is 1. The van der Waals surface area contributed by atoms with Crippen LogP contribution in [-0.2, 0) is 4.79 Å². The Morgan fingerprint density at radius 2 is 1.62 bits per heavy atom. The first-order valence-electron chi connectivity index (χ1n) is 7.60. The van der Waals surface area contributed by atoms with Gasteiger partial charge in [0.15, 0.2) is 5.78 Å². The summed E-state index contributed by atoms with van der Waals surface area (Å²) in [5.41, 5.74) is 1.24. The number of nitrogens with one attached hydrogen (secondary N) is 2. The van der Waals surface area contributed by atoms with Crippen molar-refractivity contribution in [1.29, 1.82) is 0 Å². The van der Waals surface area contributed by atoms with E-state index in [1.807, 2.05) is 19.9 Å². The van der Waals surface area contributed by atoms with E-state index < -0.39 is 5.91 Å². The molecule has 0 aliphatic carbocycles. The van der Waals surface area contributed by atoms with Gasteiger partial charge >= 0.3 is 0 Å². The van der Waals surface area contributed by atoms with Crippen molar-refractivity contribution in [3.05, 3.63) is 77.0 Å². The van der Waals surface area contributed by atoms with Gasteiger partial charge in [-0.1, -0.05) is 41.9 Å². The summed E-state index contributed by atoms with van der Waals surface area (Å²) in [6.07, 6.45) is 1.43. The summed E-state index contributed by atoms with van der Waals surface area (Å²) < 4.78 is 0. The third kappa shape index (κ3) is 4.96. The molecule has 0 aromatic heterocycles. The molecule has 2 N–H and O–H groups in total. The summed E-state index contributed by atoms with van der Waals surface area (Å²) >= 11 is 5.85. The molecule has 2 aromatic carbocycles. The molecular formula is C19H19ClN2O2. The normalized spacial score (nSPS) is 11.2. The second-order valence-electron chi connectivity index (χ2n) is 5.53. The first-order chi connectivity index (χ1) is 11.5. The molecule has 0 radical (unpaired) electrons. The topological polar surface area (TPSA) is 58.2 Å². The molecule has 0 unspecified atom stereocenters. The summed E-state index contributed by atoms with van der Waals surface area (Å²) in [4.78, 5) is 25.0. The minimum absolute atomic E-state index is 0.0462. The highest BCUT2D eigenvalue weighted by molar-refractivity contribution is 6.30. The fourth-order valence-corrected chi connectivity index (χ4v) is 2.15. The van der Waals surface area contributed by atoms with E-state index in [0.29, 0.717) is 10.6 Å². The van der Waals surface area contributed by atoms with E-state index in [4.69, 9.17) is 11.6 Å². The zero-order valence-corrected chi connectivity index (χ0v) is 14.3. The zero-order chi connectivity index (χ0) is 17.5. The van der Waals surface area contributed by atoms with Gasteiger partial charge in [-0.25, -0.2) is 0 Å². The van der Waals surface area contributed by atoms with E-state index in [1.54, 1.807) is 48.5 Å². The van der Waals surface area contributed by atoms with E-state index in [1.165, 1.54) is 6.20 Å². The first-order valence-corrected chi connectivity index (χ1v) is 7.98. The van der Waals surface area contributed by atoms with Crippen LogP contribution in [0.4, 0.5) is 5.69 Å². The van der Waals surface area contributed by atoms with Crippen molar-refractivity contribution in [2.75, 3.05) is 5.32 Å². The van der Waals surface area contributed by atoms with Crippen molar-refractivity contribution < 1.29 is 9.59 Å². The minimum Gasteiger partial charge on any atom is -0.361 e. The maximum absolute atomic E-state index is 12.7. The Labute approximate surface area is 146 Å². The molecule has 0 saturated heterocycles. The van der Waals surface area contributed by atoms with Crippen LogP contribution in [0, 0.1) is 0 Å². The number of carbonyl (C=O) groups is 2. The molecular weight excluding hydrogens is 324 g/mol. The molecule has 2 aromatic rings. The molecule has 0 fully saturated rings. The molecule has 5 heteroatoms. The van der Waals surface area contributed by atoms with Crippen LogP contribution in [0.3, 0.4) is 0 Å². The number of Topliss-reactive ketones (excluding diaryl/α,β-unsaturated/α-hetero) is 1. The van der Waals surface area contributed by atoms with E-state index in [9.17, 15) is 9.59 Å². The van der Waals surface area contributed by atoms with E-state index in [2.05, 4.69) is 10.6 Å². The van der Waals surface area contributed by atoms with Crippen LogP contribution >= 0.6 is 11.6 Å². The lowest BCUT2D eigenvalue weighted by atomic mass is 10.0. The minimum atomic E-state index is -0.416. The highest BCUT2D eigenvalue weighted by atomic mass is 35.5. The highest BCUT2D eigenvalue weighted by Gasteiger charge is 2.20. The van der Waals surface area contributed by atoms with Gasteiger partial charge in [0, 0.05) is 28.5 Å². The number of carbonyl (C=O) groups excluding carboxylic acids is 2. The van der Waals surface area contributed by atoms with Crippen molar-refractivity contribution in [2.24, 2.45) is 0 Å². The van der Waals surface area contributed by atoms with Crippen molar-refractivity contribution >= 4 is 29.0 Å². The largest absolute Gasteiger partial charge is 0.361 e. The summed E-state index contributed by atoms with van der Waals surface area (Å²) in [6, 6.07) is 15.6. The van der Waals surface area contributed by atoms with Crippen molar-refractivity contribution in [2.45, 2.75) is 19.9 Å². The molecule has 1 amide bonds.